The van der Waals surface area contributed by atoms with Crippen LogP contribution in [0.2, 0.25) is 0 Å². The molecule has 35 heavy (non-hydrogen) atoms. The molecule has 0 saturated heterocycles. The van der Waals surface area contributed by atoms with Gasteiger partial charge < -0.3 is 14.5 Å². The van der Waals surface area contributed by atoms with Crippen molar-refractivity contribution in [1.29, 1.82) is 0 Å². The molecule has 8 heteroatoms. The Bertz CT molecular complexity index is 1310. The van der Waals surface area contributed by atoms with Crippen LogP contribution in [0.15, 0.2) is 65.3 Å². The fourth-order valence-electron chi connectivity index (χ4n) is 4.59. The lowest BCUT2D eigenvalue weighted by molar-refractivity contribution is -0.130. The van der Waals surface area contributed by atoms with Gasteiger partial charge in [0.15, 0.2) is 6.10 Å². The van der Waals surface area contributed by atoms with E-state index in [9.17, 15) is 19.2 Å². The smallest absolute Gasteiger partial charge is 0.338 e. The first-order valence-corrected chi connectivity index (χ1v) is 11.5. The first kappa shape index (κ1) is 22.6. The molecule has 0 spiro atoms. The van der Waals surface area contributed by atoms with Crippen LogP contribution in [-0.2, 0) is 22.5 Å². The lowest BCUT2D eigenvalue weighted by Gasteiger charge is -2.27. The van der Waals surface area contributed by atoms with Gasteiger partial charge in [0.25, 0.3) is 17.7 Å². The van der Waals surface area contributed by atoms with Gasteiger partial charge in [-0.1, -0.05) is 24.3 Å². The minimum atomic E-state index is -1.03. The number of amides is 3. The lowest BCUT2D eigenvalue weighted by atomic mass is 9.87. The maximum atomic E-state index is 12.8. The Morgan fingerprint density at radius 3 is 2.69 bits per heavy atom. The highest BCUT2D eigenvalue weighted by Gasteiger charge is 2.37. The number of esters is 1. The van der Waals surface area contributed by atoms with Crippen molar-refractivity contribution in [2.45, 2.75) is 44.9 Å². The number of nitrogens with one attached hydrogen (secondary N) is 1. The number of fused-ring (bicyclic) bond motifs is 2. The van der Waals surface area contributed by atoms with Gasteiger partial charge in [-0.3, -0.25) is 19.3 Å². The number of furan rings is 1. The van der Waals surface area contributed by atoms with E-state index in [4.69, 9.17) is 9.15 Å². The summed E-state index contributed by atoms with van der Waals surface area (Å²) in [6, 6.07) is 15.4. The number of imide groups is 1. The first-order valence-electron chi connectivity index (χ1n) is 11.5. The van der Waals surface area contributed by atoms with E-state index in [1.165, 1.54) is 36.9 Å². The molecule has 0 saturated carbocycles. The summed E-state index contributed by atoms with van der Waals surface area (Å²) in [7, 11) is 0. The molecule has 1 aliphatic carbocycles. The van der Waals surface area contributed by atoms with E-state index >= 15 is 0 Å². The monoisotopic (exact) mass is 472 g/mol. The molecule has 1 aliphatic heterocycles. The number of aryl methyl sites for hydroxylation is 1. The Morgan fingerprint density at radius 2 is 1.89 bits per heavy atom. The number of hydrogen-bond donors (Lipinski definition) is 1. The maximum absolute atomic E-state index is 12.8. The third kappa shape index (κ3) is 4.35. The molecule has 2 unspecified atom stereocenters. The van der Waals surface area contributed by atoms with E-state index in [-0.39, 0.29) is 29.3 Å². The Kier molecular flexibility index (Phi) is 5.94. The molecular formula is C27H24N2O6. The van der Waals surface area contributed by atoms with Gasteiger partial charge >= 0.3 is 5.97 Å². The van der Waals surface area contributed by atoms with Crippen molar-refractivity contribution in [1.82, 2.24) is 10.2 Å². The van der Waals surface area contributed by atoms with Gasteiger partial charge in [0.1, 0.15) is 5.76 Å². The summed E-state index contributed by atoms with van der Waals surface area (Å²) in [6.07, 6.45) is 3.20. The van der Waals surface area contributed by atoms with Crippen LogP contribution >= 0.6 is 0 Å². The summed E-state index contributed by atoms with van der Waals surface area (Å²) < 4.78 is 10.6. The van der Waals surface area contributed by atoms with Crippen molar-refractivity contribution < 1.29 is 28.3 Å². The molecule has 0 bridgehead atoms. The molecule has 1 aromatic heterocycles. The average Bonchev–Trinajstić information content (AvgIpc) is 3.47. The normalized spacial score (nSPS) is 17.5. The van der Waals surface area contributed by atoms with Gasteiger partial charge in [-0.15, -0.1) is 0 Å². The number of benzene rings is 2. The zero-order valence-electron chi connectivity index (χ0n) is 19.2. The quantitative estimate of drug-likeness (QED) is 0.432. The summed E-state index contributed by atoms with van der Waals surface area (Å²) in [5, 5.41) is 2.98. The van der Waals surface area contributed by atoms with Crippen molar-refractivity contribution in [2.24, 2.45) is 0 Å². The van der Waals surface area contributed by atoms with Crippen LogP contribution in [0.25, 0.3) is 0 Å². The zero-order valence-corrected chi connectivity index (χ0v) is 19.2. The molecule has 8 nitrogen and oxygen atoms in total. The highest BCUT2D eigenvalue weighted by molar-refractivity contribution is 6.21. The van der Waals surface area contributed by atoms with E-state index in [1.807, 2.05) is 18.2 Å². The maximum Gasteiger partial charge on any atom is 0.338 e. The minimum absolute atomic E-state index is 0.000622. The molecule has 2 aromatic carbocycles. The summed E-state index contributed by atoms with van der Waals surface area (Å²) in [6.45, 7) is 1.51. The summed E-state index contributed by atoms with van der Waals surface area (Å²) in [5.74, 6) is -1.64. The van der Waals surface area contributed by atoms with Gasteiger partial charge in [0, 0.05) is 0 Å². The number of ether oxygens (including phenoxy) is 1. The highest BCUT2D eigenvalue weighted by atomic mass is 16.5. The second kappa shape index (κ2) is 9.21. The summed E-state index contributed by atoms with van der Waals surface area (Å²) in [5.41, 5.74) is 2.72. The van der Waals surface area contributed by atoms with Crippen molar-refractivity contribution >= 4 is 23.7 Å². The Morgan fingerprint density at radius 1 is 1.09 bits per heavy atom. The molecule has 2 atom stereocenters. The molecule has 0 radical (unpaired) electrons. The number of carbonyl (C=O) groups is 4. The van der Waals surface area contributed by atoms with Crippen molar-refractivity contribution in [3.63, 3.8) is 0 Å². The second-order valence-electron chi connectivity index (χ2n) is 8.74. The third-order valence-corrected chi connectivity index (χ3v) is 6.44. The highest BCUT2D eigenvalue weighted by Crippen LogP contribution is 2.30. The Hall–Kier alpha value is -4.20. The van der Waals surface area contributed by atoms with E-state index in [2.05, 4.69) is 11.4 Å². The van der Waals surface area contributed by atoms with Crippen LogP contribution in [0.5, 0.6) is 0 Å². The summed E-state index contributed by atoms with van der Waals surface area (Å²) >= 11 is 0. The topological polar surface area (TPSA) is 106 Å². The van der Waals surface area contributed by atoms with Crippen molar-refractivity contribution in [2.75, 3.05) is 0 Å². The molecule has 178 valence electrons. The Balaban J connectivity index is 1.25. The average molecular weight is 472 g/mol. The van der Waals surface area contributed by atoms with Crippen molar-refractivity contribution in [3.8, 4) is 0 Å². The fraction of sp³-hybridized carbons (Fsp3) is 0.259. The van der Waals surface area contributed by atoms with Gasteiger partial charge in [-0.05, 0) is 67.6 Å². The molecule has 3 aromatic rings. The van der Waals surface area contributed by atoms with Crippen LogP contribution in [0.3, 0.4) is 0 Å². The second-order valence-corrected chi connectivity index (χ2v) is 8.74. The van der Waals surface area contributed by atoms with Crippen LogP contribution in [0.4, 0.5) is 0 Å². The number of nitrogens with zero attached hydrogens (tertiary/aromatic N) is 1. The number of rotatable bonds is 6. The van der Waals surface area contributed by atoms with Gasteiger partial charge in [0.2, 0.25) is 0 Å². The number of hydrogen-bond acceptors (Lipinski definition) is 6. The van der Waals surface area contributed by atoms with E-state index < -0.39 is 29.8 Å². The molecule has 0 fully saturated rings. The largest absolute Gasteiger partial charge is 0.467 e. The molecule has 2 heterocycles. The molecule has 5 rings (SSSR count). The van der Waals surface area contributed by atoms with Crippen LogP contribution in [0, 0.1) is 0 Å². The molecule has 1 N–H and O–H groups in total. The zero-order chi connectivity index (χ0) is 24.5. The minimum Gasteiger partial charge on any atom is -0.467 e. The van der Waals surface area contributed by atoms with E-state index in [0.29, 0.717) is 5.76 Å². The molecule has 3 amide bonds. The summed E-state index contributed by atoms with van der Waals surface area (Å²) in [4.78, 5) is 52.0. The van der Waals surface area contributed by atoms with Gasteiger partial charge in [-0.2, -0.15) is 0 Å². The standard InChI is InChI=1S/C27H24N2O6/c1-16(24(30)28-23-10-4-7-17-6-2-3-9-20(17)23)35-27(33)18-11-12-21-22(14-18)26(32)29(25(21)31)15-19-8-5-13-34-19/h2-3,5-6,8-9,11-14,16,23H,4,7,10,15H2,1H3,(H,28,30). The number of carbonyl (C=O) groups excluding carboxylic acids is 4. The van der Waals surface area contributed by atoms with Crippen molar-refractivity contribution in [3.05, 3.63) is 94.4 Å². The van der Waals surface area contributed by atoms with Crippen LogP contribution in [0.1, 0.15) is 73.8 Å². The van der Waals surface area contributed by atoms with Gasteiger partial charge in [-0.25, -0.2) is 4.79 Å². The van der Waals surface area contributed by atoms with E-state index in [1.54, 1.807) is 12.1 Å². The van der Waals surface area contributed by atoms with E-state index in [0.717, 1.165) is 29.7 Å². The SMILES string of the molecule is CC(OC(=O)c1ccc2c(c1)C(=O)N(Cc1ccco1)C2=O)C(=O)NC1CCCc2ccccc21. The fourth-order valence-corrected chi connectivity index (χ4v) is 4.59. The Labute approximate surface area is 201 Å². The molecule has 2 aliphatic rings. The van der Waals surface area contributed by atoms with Crippen LogP contribution < -0.4 is 5.32 Å². The predicted octanol–water partition coefficient (Wildman–Crippen LogP) is 3.81. The van der Waals surface area contributed by atoms with Crippen LogP contribution in [-0.4, -0.2) is 34.7 Å². The van der Waals surface area contributed by atoms with Gasteiger partial charge in [0.05, 0.1) is 35.5 Å². The predicted molar refractivity (Wildman–Crippen MR) is 124 cm³/mol. The molecular weight excluding hydrogens is 448 g/mol. The third-order valence-electron chi connectivity index (χ3n) is 6.44. The first-order chi connectivity index (χ1) is 16.9. The lowest BCUT2D eigenvalue weighted by Crippen LogP contribution is -2.39.